The number of nitrogens with zero attached hydrogens (tertiary/aromatic N) is 2. The number of thiophene rings is 1. The normalized spacial score (nSPS) is 24.3. The molecule has 136 valence electrons. The Morgan fingerprint density at radius 3 is 2.62 bits per heavy atom. The molecule has 1 unspecified atom stereocenters. The highest BCUT2D eigenvalue weighted by atomic mass is 32.2. The van der Waals surface area contributed by atoms with Crippen molar-refractivity contribution in [3.05, 3.63) is 15.8 Å². The molecular formula is C17H28N2O3S2. The lowest BCUT2D eigenvalue weighted by molar-refractivity contribution is 0.0340. The van der Waals surface area contributed by atoms with Crippen LogP contribution in [0.15, 0.2) is 11.0 Å². The van der Waals surface area contributed by atoms with Crippen LogP contribution in [0.25, 0.3) is 0 Å². The molecule has 1 atom stereocenters. The van der Waals surface area contributed by atoms with E-state index in [4.69, 9.17) is 4.74 Å². The summed E-state index contributed by atoms with van der Waals surface area (Å²) in [5.74, 6) is 0. The van der Waals surface area contributed by atoms with E-state index in [2.05, 4.69) is 4.90 Å². The molecule has 1 aromatic heterocycles. The molecular weight excluding hydrogens is 344 g/mol. The van der Waals surface area contributed by atoms with Gasteiger partial charge in [-0.2, -0.15) is 4.31 Å². The molecule has 0 saturated carbocycles. The predicted octanol–water partition coefficient (Wildman–Crippen LogP) is 2.63. The molecule has 5 nitrogen and oxygen atoms in total. The number of sulfonamides is 1. The maximum Gasteiger partial charge on any atom is 0.244 e. The van der Waals surface area contributed by atoms with E-state index < -0.39 is 10.0 Å². The van der Waals surface area contributed by atoms with Crippen molar-refractivity contribution in [2.24, 2.45) is 0 Å². The molecule has 0 radical (unpaired) electrons. The van der Waals surface area contributed by atoms with Crippen LogP contribution in [0.3, 0.4) is 0 Å². The molecule has 7 heteroatoms. The third kappa shape index (κ3) is 4.02. The molecule has 0 aliphatic carbocycles. The topological polar surface area (TPSA) is 49.9 Å². The Morgan fingerprint density at radius 2 is 1.96 bits per heavy atom. The molecule has 2 saturated heterocycles. The summed E-state index contributed by atoms with van der Waals surface area (Å²) in [7, 11) is -3.37. The van der Waals surface area contributed by atoms with E-state index in [0.717, 1.165) is 68.3 Å². The van der Waals surface area contributed by atoms with Crippen LogP contribution >= 0.6 is 11.3 Å². The molecule has 24 heavy (non-hydrogen) atoms. The van der Waals surface area contributed by atoms with Crippen LogP contribution in [-0.2, 0) is 14.8 Å². The molecule has 3 heterocycles. The number of ether oxygens (including phenoxy) is 1. The van der Waals surface area contributed by atoms with E-state index in [0.29, 0.717) is 11.4 Å². The Balaban J connectivity index is 1.72. The quantitative estimate of drug-likeness (QED) is 0.797. The minimum absolute atomic E-state index is 0.131. The van der Waals surface area contributed by atoms with Gasteiger partial charge in [-0.15, -0.1) is 11.3 Å². The van der Waals surface area contributed by atoms with Crippen LogP contribution < -0.4 is 0 Å². The molecule has 0 N–H and O–H groups in total. The van der Waals surface area contributed by atoms with Crippen molar-refractivity contribution in [2.75, 3.05) is 39.4 Å². The van der Waals surface area contributed by atoms with E-state index in [-0.39, 0.29) is 6.04 Å². The number of aryl methyl sites for hydroxylation is 2. The van der Waals surface area contributed by atoms with Crippen molar-refractivity contribution in [1.82, 2.24) is 9.21 Å². The third-order valence-corrected chi connectivity index (χ3v) is 8.21. The second-order valence-electron chi connectivity index (χ2n) is 6.79. The van der Waals surface area contributed by atoms with Crippen molar-refractivity contribution >= 4 is 21.4 Å². The summed E-state index contributed by atoms with van der Waals surface area (Å²) in [5.41, 5.74) is 0. The lowest BCUT2D eigenvalue weighted by Crippen LogP contribution is -2.46. The van der Waals surface area contributed by atoms with Crippen LogP contribution in [0.4, 0.5) is 0 Å². The van der Waals surface area contributed by atoms with Gasteiger partial charge in [0.15, 0.2) is 0 Å². The molecule has 2 aliphatic rings. The molecule has 2 fully saturated rings. The van der Waals surface area contributed by atoms with Crippen molar-refractivity contribution in [3.8, 4) is 0 Å². The first kappa shape index (κ1) is 18.3. The zero-order chi connectivity index (χ0) is 17.2. The van der Waals surface area contributed by atoms with Crippen LogP contribution in [0, 0.1) is 13.8 Å². The Labute approximate surface area is 149 Å². The average molecular weight is 373 g/mol. The summed E-state index contributed by atoms with van der Waals surface area (Å²) < 4.78 is 33.5. The highest BCUT2D eigenvalue weighted by Crippen LogP contribution is 2.32. The molecule has 3 rings (SSSR count). The SMILES string of the molecule is Cc1cc(S(=O)(=O)N2CCCCC2CCN2CCOCC2)c(C)s1. The van der Waals surface area contributed by atoms with Gasteiger partial charge in [0.2, 0.25) is 10.0 Å². The van der Waals surface area contributed by atoms with E-state index in [1.54, 1.807) is 15.6 Å². The first-order chi connectivity index (χ1) is 11.5. The highest BCUT2D eigenvalue weighted by molar-refractivity contribution is 7.89. The summed E-state index contributed by atoms with van der Waals surface area (Å²) in [5, 5.41) is 0. The fraction of sp³-hybridized carbons (Fsp3) is 0.765. The molecule has 0 amide bonds. The van der Waals surface area contributed by atoms with Crippen LogP contribution in [0.2, 0.25) is 0 Å². The Bertz CT molecular complexity index is 651. The minimum Gasteiger partial charge on any atom is -0.379 e. The molecule has 1 aromatic rings. The molecule has 2 aliphatic heterocycles. The van der Waals surface area contributed by atoms with Gasteiger partial charge in [0.25, 0.3) is 0 Å². The van der Waals surface area contributed by atoms with Crippen LogP contribution in [0.5, 0.6) is 0 Å². The van der Waals surface area contributed by atoms with E-state index in [9.17, 15) is 8.42 Å². The third-order valence-electron chi connectivity index (χ3n) is 5.04. The van der Waals surface area contributed by atoms with Gasteiger partial charge in [-0.05, 0) is 45.7 Å². The molecule has 0 bridgehead atoms. The van der Waals surface area contributed by atoms with Gasteiger partial charge in [0.05, 0.1) is 18.1 Å². The minimum atomic E-state index is -3.37. The molecule has 0 spiro atoms. The van der Waals surface area contributed by atoms with Gasteiger partial charge in [-0.25, -0.2) is 8.42 Å². The summed E-state index contributed by atoms with van der Waals surface area (Å²) in [6.07, 6.45) is 3.99. The predicted molar refractivity (Wildman–Crippen MR) is 97.2 cm³/mol. The van der Waals surface area contributed by atoms with Crippen LogP contribution in [-0.4, -0.2) is 63.1 Å². The second kappa shape index (κ2) is 7.83. The fourth-order valence-electron chi connectivity index (χ4n) is 3.73. The van der Waals surface area contributed by atoms with Gasteiger partial charge < -0.3 is 4.74 Å². The number of hydrogen-bond acceptors (Lipinski definition) is 5. The van der Waals surface area contributed by atoms with Gasteiger partial charge in [0, 0.05) is 35.4 Å². The van der Waals surface area contributed by atoms with Gasteiger partial charge in [0.1, 0.15) is 0 Å². The highest BCUT2D eigenvalue weighted by Gasteiger charge is 2.35. The summed E-state index contributed by atoms with van der Waals surface area (Å²) in [4.78, 5) is 4.88. The first-order valence-electron chi connectivity index (χ1n) is 8.87. The van der Waals surface area contributed by atoms with Crippen molar-refractivity contribution in [1.29, 1.82) is 0 Å². The Kier molecular flexibility index (Phi) is 5.98. The van der Waals surface area contributed by atoms with Crippen molar-refractivity contribution < 1.29 is 13.2 Å². The summed E-state index contributed by atoms with van der Waals surface area (Å²) in [6.45, 7) is 9.01. The Hall–Kier alpha value is -0.470. The number of rotatable bonds is 5. The summed E-state index contributed by atoms with van der Waals surface area (Å²) in [6, 6.07) is 1.97. The first-order valence-corrected chi connectivity index (χ1v) is 11.1. The second-order valence-corrected chi connectivity index (χ2v) is 10.1. The Morgan fingerprint density at radius 1 is 1.21 bits per heavy atom. The van der Waals surface area contributed by atoms with E-state index in [1.807, 2.05) is 19.9 Å². The largest absolute Gasteiger partial charge is 0.379 e. The standard InChI is InChI=1S/C17H28N2O3S2/c1-14-13-17(15(2)23-14)24(20,21)19-7-4-3-5-16(19)6-8-18-9-11-22-12-10-18/h13,16H,3-12H2,1-2H3. The van der Waals surface area contributed by atoms with Gasteiger partial charge in [-0.1, -0.05) is 6.42 Å². The number of hydrogen-bond donors (Lipinski definition) is 0. The molecule has 0 aromatic carbocycles. The average Bonchev–Trinajstić information content (AvgIpc) is 2.93. The van der Waals surface area contributed by atoms with Crippen molar-refractivity contribution in [3.63, 3.8) is 0 Å². The zero-order valence-corrected chi connectivity index (χ0v) is 16.3. The van der Waals surface area contributed by atoms with E-state index >= 15 is 0 Å². The smallest absolute Gasteiger partial charge is 0.244 e. The maximum absolute atomic E-state index is 13.2. The fourth-order valence-corrected chi connectivity index (χ4v) is 6.97. The van der Waals surface area contributed by atoms with E-state index in [1.165, 1.54) is 0 Å². The monoisotopic (exact) mass is 372 g/mol. The zero-order valence-electron chi connectivity index (χ0n) is 14.7. The van der Waals surface area contributed by atoms with Gasteiger partial charge in [-0.3, -0.25) is 4.90 Å². The van der Waals surface area contributed by atoms with Gasteiger partial charge >= 0.3 is 0 Å². The number of piperidine rings is 1. The maximum atomic E-state index is 13.2. The summed E-state index contributed by atoms with van der Waals surface area (Å²) >= 11 is 1.57. The lowest BCUT2D eigenvalue weighted by Gasteiger charge is -2.36. The van der Waals surface area contributed by atoms with Crippen LogP contribution in [0.1, 0.15) is 35.4 Å². The van der Waals surface area contributed by atoms with Crippen molar-refractivity contribution in [2.45, 2.75) is 50.5 Å². The number of morpholine rings is 1. The lowest BCUT2D eigenvalue weighted by atomic mass is 10.0.